The van der Waals surface area contributed by atoms with Crippen LogP contribution in [0.1, 0.15) is 6.92 Å². The topological polar surface area (TPSA) is 125 Å². The number of carbonyl (C=O) groups is 2. The van der Waals surface area contributed by atoms with E-state index >= 15 is 0 Å². The maximum atomic E-state index is 13.6. The summed E-state index contributed by atoms with van der Waals surface area (Å²) in [7, 11) is -4.16. The van der Waals surface area contributed by atoms with Crippen LogP contribution in [0.2, 0.25) is 0 Å². The van der Waals surface area contributed by atoms with Crippen LogP contribution in [-0.4, -0.2) is 44.7 Å². The van der Waals surface area contributed by atoms with Crippen molar-refractivity contribution in [3.63, 3.8) is 0 Å². The van der Waals surface area contributed by atoms with E-state index in [9.17, 15) is 22.4 Å². The van der Waals surface area contributed by atoms with Crippen molar-refractivity contribution in [3.05, 3.63) is 46.7 Å². The van der Waals surface area contributed by atoms with Crippen LogP contribution >= 0.6 is 15.9 Å². The molecule has 12 heteroatoms. The minimum absolute atomic E-state index is 0.0202. The Balaban J connectivity index is 2.06. The zero-order chi connectivity index (χ0) is 22.1. The number of nitrogens with one attached hydrogen (secondary N) is 2. The number of sulfonamides is 1. The summed E-state index contributed by atoms with van der Waals surface area (Å²) >= 11 is 2.98. The molecule has 9 nitrogen and oxygen atoms in total. The van der Waals surface area contributed by atoms with Crippen LogP contribution in [0.25, 0.3) is 0 Å². The Kier molecular flexibility index (Phi) is 6.17. The second-order valence-electron chi connectivity index (χ2n) is 6.40. The molecule has 1 aliphatic heterocycles. The van der Waals surface area contributed by atoms with E-state index in [2.05, 4.69) is 26.6 Å². The van der Waals surface area contributed by atoms with E-state index in [0.717, 1.165) is 22.5 Å². The van der Waals surface area contributed by atoms with Crippen molar-refractivity contribution in [2.45, 2.75) is 17.9 Å². The number of benzene rings is 2. The summed E-state index contributed by atoms with van der Waals surface area (Å²) in [4.78, 5) is 22.0. The number of carboxylic acid groups (broad SMARTS) is 1. The molecule has 0 saturated carbocycles. The number of anilines is 2. The number of carbonyl (C=O) groups excluding carboxylic acids is 1. The van der Waals surface area contributed by atoms with Crippen LogP contribution in [0.4, 0.5) is 20.6 Å². The second-order valence-corrected chi connectivity index (χ2v) is 9.12. The van der Waals surface area contributed by atoms with Gasteiger partial charge in [0.1, 0.15) is 17.7 Å². The van der Waals surface area contributed by atoms with Gasteiger partial charge in [-0.2, -0.15) is 0 Å². The van der Waals surface area contributed by atoms with Crippen molar-refractivity contribution in [1.29, 1.82) is 0 Å². The molecule has 3 rings (SSSR count). The van der Waals surface area contributed by atoms with Crippen LogP contribution in [0.3, 0.4) is 0 Å². The molecule has 0 aliphatic carbocycles. The van der Waals surface area contributed by atoms with Crippen LogP contribution in [-0.2, 0) is 14.8 Å². The number of amides is 2. The average molecular weight is 502 g/mol. The second kappa shape index (κ2) is 8.48. The maximum absolute atomic E-state index is 13.6. The van der Waals surface area contributed by atoms with Crippen molar-refractivity contribution >= 4 is 49.3 Å². The van der Waals surface area contributed by atoms with Gasteiger partial charge in [0, 0.05) is 12.6 Å². The highest BCUT2D eigenvalue weighted by atomic mass is 79.9. The first-order chi connectivity index (χ1) is 14.1. The van der Waals surface area contributed by atoms with Gasteiger partial charge < -0.3 is 15.2 Å². The third kappa shape index (κ3) is 4.65. The van der Waals surface area contributed by atoms with Gasteiger partial charge in [0.15, 0.2) is 0 Å². The Morgan fingerprint density at radius 3 is 2.67 bits per heavy atom. The number of rotatable bonds is 5. The van der Waals surface area contributed by atoms with Gasteiger partial charge in [-0.15, -0.1) is 0 Å². The molecule has 0 saturated heterocycles. The van der Waals surface area contributed by atoms with E-state index in [0.29, 0.717) is 0 Å². The van der Waals surface area contributed by atoms with Gasteiger partial charge in [-0.25, -0.2) is 17.6 Å². The summed E-state index contributed by atoms with van der Waals surface area (Å²) in [5.41, 5.74) is 0.256. The molecule has 3 N–H and O–H groups in total. The first kappa shape index (κ1) is 21.8. The minimum atomic E-state index is -4.16. The molecule has 0 fully saturated rings. The fraction of sp³-hybridized carbons (Fsp3) is 0.222. The standard InChI is InChI=1S/C18H17BrFN3O6S/c1-10(24)21-8-12-9-23(30(27,28)13-3-4-15(20)14(19)7-13)16-6-11(22-18(25)26)2-5-17(16)29-12/h2-7,12,22H,8-9H2,1H3,(H,21,24)(H,25,26). The van der Waals surface area contributed by atoms with Crippen molar-refractivity contribution in [2.75, 3.05) is 22.7 Å². The van der Waals surface area contributed by atoms with Gasteiger partial charge in [0.05, 0.1) is 28.1 Å². The minimum Gasteiger partial charge on any atom is -0.484 e. The summed E-state index contributed by atoms with van der Waals surface area (Å²) < 4.78 is 47.1. The third-order valence-corrected chi connectivity index (χ3v) is 6.58. The van der Waals surface area contributed by atoms with Crippen LogP contribution in [0.5, 0.6) is 5.75 Å². The van der Waals surface area contributed by atoms with E-state index in [1.807, 2.05) is 0 Å². The molecule has 2 aromatic carbocycles. The smallest absolute Gasteiger partial charge is 0.409 e. The first-order valence-electron chi connectivity index (χ1n) is 8.61. The zero-order valence-electron chi connectivity index (χ0n) is 15.6. The molecular formula is C18H17BrFN3O6S. The number of hydrogen-bond acceptors (Lipinski definition) is 5. The van der Waals surface area contributed by atoms with Gasteiger partial charge in [0.2, 0.25) is 5.91 Å². The number of nitrogens with zero attached hydrogens (tertiary/aromatic N) is 1. The molecule has 2 aromatic rings. The van der Waals surface area contributed by atoms with E-state index in [1.165, 1.54) is 25.1 Å². The van der Waals surface area contributed by atoms with Crippen LogP contribution in [0.15, 0.2) is 45.8 Å². The van der Waals surface area contributed by atoms with Gasteiger partial charge in [0.25, 0.3) is 10.0 Å². The third-order valence-electron chi connectivity index (χ3n) is 4.20. The lowest BCUT2D eigenvalue weighted by molar-refractivity contribution is -0.119. The first-order valence-corrected chi connectivity index (χ1v) is 10.8. The van der Waals surface area contributed by atoms with Gasteiger partial charge in [-0.1, -0.05) is 0 Å². The van der Waals surface area contributed by atoms with Crippen molar-refractivity contribution < 1.29 is 32.2 Å². The fourth-order valence-corrected chi connectivity index (χ4v) is 4.92. The summed E-state index contributed by atoms with van der Waals surface area (Å²) in [6.45, 7) is 1.23. The van der Waals surface area contributed by atoms with Crippen molar-refractivity contribution in [1.82, 2.24) is 5.32 Å². The molecule has 0 spiro atoms. The number of halogens is 2. The molecule has 0 radical (unpaired) electrons. The number of hydrogen-bond donors (Lipinski definition) is 3. The highest BCUT2D eigenvalue weighted by molar-refractivity contribution is 9.10. The molecule has 160 valence electrons. The normalized spacial score (nSPS) is 15.7. The van der Waals surface area contributed by atoms with E-state index in [4.69, 9.17) is 9.84 Å². The molecule has 1 unspecified atom stereocenters. The molecule has 1 atom stereocenters. The number of ether oxygens (including phenoxy) is 1. The van der Waals surface area contributed by atoms with E-state index in [-0.39, 0.29) is 45.5 Å². The van der Waals surface area contributed by atoms with Crippen LogP contribution < -0.4 is 19.7 Å². The van der Waals surface area contributed by atoms with Gasteiger partial charge >= 0.3 is 6.09 Å². The lowest BCUT2D eigenvalue weighted by Gasteiger charge is -2.35. The zero-order valence-corrected chi connectivity index (χ0v) is 18.0. The Bertz CT molecular complexity index is 1110. The molecule has 1 aliphatic rings. The summed E-state index contributed by atoms with van der Waals surface area (Å²) in [6, 6.07) is 7.48. The van der Waals surface area contributed by atoms with Crippen molar-refractivity contribution in [3.8, 4) is 5.75 Å². The Morgan fingerprint density at radius 2 is 2.03 bits per heavy atom. The number of fused-ring (bicyclic) bond motifs is 1. The molecule has 1 heterocycles. The van der Waals surface area contributed by atoms with Crippen molar-refractivity contribution in [2.24, 2.45) is 0 Å². The van der Waals surface area contributed by atoms with E-state index in [1.54, 1.807) is 0 Å². The largest absolute Gasteiger partial charge is 0.484 e. The average Bonchev–Trinajstić information content (AvgIpc) is 2.67. The summed E-state index contributed by atoms with van der Waals surface area (Å²) in [5, 5.41) is 13.7. The molecule has 0 aromatic heterocycles. The van der Waals surface area contributed by atoms with E-state index < -0.39 is 28.0 Å². The Morgan fingerprint density at radius 1 is 1.30 bits per heavy atom. The molecule has 30 heavy (non-hydrogen) atoms. The monoisotopic (exact) mass is 501 g/mol. The predicted molar refractivity (Wildman–Crippen MR) is 110 cm³/mol. The Labute approximate surface area is 180 Å². The highest BCUT2D eigenvalue weighted by Crippen LogP contribution is 2.39. The lowest BCUT2D eigenvalue weighted by atomic mass is 10.2. The lowest BCUT2D eigenvalue weighted by Crippen LogP contribution is -2.48. The SMILES string of the molecule is CC(=O)NCC1CN(S(=O)(=O)c2ccc(F)c(Br)c2)c2cc(NC(=O)O)ccc2O1. The van der Waals surface area contributed by atoms with Crippen LogP contribution in [0, 0.1) is 5.82 Å². The highest BCUT2D eigenvalue weighted by Gasteiger charge is 2.35. The molecule has 2 amide bonds. The summed E-state index contributed by atoms with van der Waals surface area (Å²) in [6.07, 6.45) is -2.01. The molecular weight excluding hydrogens is 485 g/mol. The summed E-state index contributed by atoms with van der Waals surface area (Å²) in [5.74, 6) is -0.729. The predicted octanol–water partition coefficient (Wildman–Crippen LogP) is 2.77. The molecule has 0 bridgehead atoms. The Hall–Kier alpha value is -2.86. The maximum Gasteiger partial charge on any atom is 0.409 e. The van der Waals surface area contributed by atoms with Gasteiger partial charge in [-0.05, 0) is 52.3 Å². The van der Waals surface area contributed by atoms with Gasteiger partial charge in [-0.3, -0.25) is 14.4 Å². The quantitative estimate of drug-likeness (QED) is 0.578. The fourth-order valence-electron chi connectivity index (χ4n) is 2.87.